The fourth-order valence-electron chi connectivity index (χ4n) is 1.66. The number of ether oxygens (including phenoxy) is 3. The molecule has 0 N–H and O–H groups in total. The highest BCUT2D eigenvalue weighted by Crippen LogP contribution is 2.16. The standard InChI is InChI=1S/C21H26O6/c1-15(2)8-7-9-16(3)10-11-21(27-19(6)24)20(14-26-18(5)23)12-13-25-17(4)22/h8,10,12-14,21H,11H2,1-6H3/b13-12+,16-10+,20-14-/t21-/m1/s1. The van der Waals surface area contributed by atoms with Crippen molar-refractivity contribution < 1.29 is 28.6 Å². The number of allylic oxidation sites excluding steroid dienone is 3. The van der Waals surface area contributed by atoms with Gasteiger partial charge in [0.15, 0.2) is 0 Å². The van der Waals surface area contributed by atoms with Crippen LogP contribution < -0.4 is 0 Å². The van der Waals surface area contributed by atoms with Crippen LogP contribution in [0.4, 0.5) is 0 Å². The minimum Gasteiger partial charge on any atom is -0.457 e. The minimum atomic E-state index is -0.742. The van der Waals surface area contributed by atoms with Crippen molar-refractivity contribution in [1.82, 2.24) is 0 Å². The van der Waals surface area contributed by atoms with Gasteiger partial charge in [-0.2, -0.15) is 0 Å². The van der Waals surface area contributed by atoms with Crippen molar-refractivity contribution in [2.45, 2.75) is 54.1 Å². The van der Waals surface area contributed by atoms with E-state index in [1.165, 1.54) is 26.8 Å². The maximum atomic E-state index is 11.4. The lowest BCUT2D eigenvalue weighted by Gasteiger charge is -2.16. The topological polar surface area (TPSA) is 78.9 Å². The zero-order valence-electron chi connectivity index (χ0n) is 16.6. The molecule has 1 atom stereocenters. The van der Waals surface area contributed by atoms with Crippen LogP contribution in [0.1, 0.15) is 48.0 Å². The van der Waals surface area contributed by atoms with Crippen LogP contribution in [0.25, 0.3) is 0 Å². The second-order valence-electron chi connectivity index (χ2n) is 5.85. The third-order valence-electron chi connectivity index (χ3n) is 2.80. The average Bonchev–Trinajstić information content (AvgIpc) is 2.53. The largest absolute Gasteiger partial charge is 0.457 e. The zero-order valence-corrected chi connectivity index (χ0v) is 16.6. The van der Waals surface area contributed by atoms with Gasteiger partial charge in [0.2, 0.25) is 0 Å². The van der Waals surface area contributed by atoms with Crippen molar-refractivity contribution in [2.75, 3.05) is 0 Å². The maximum absolute atomic E-state index is 11.4. The molecular formula is C21H26O6. The first-order chi connectivity index (χ1) is 12.6. The molecule has 6 nitrogen and oxygen atoms in total. The van der Waals surface area contributed by atoms with Crippen molar-refractivity contribution >= 4 is 17.9 Å². The first kappa shape index (κ1) is 23.9. The van der Waals surface area contributed by atoms with E-state index in [1.807, 2.05) is 20.8 Å². The van der Waals surface area contributed by atoms with E-state index >= 15 is 0 Å². The molecular weight excluding hydrogens is 348 g/mol. The lowest BCUT2D eigenvalue weighted by atomic mass is 10.1. The van der Waals surface area contributed by atoms with Gasteiger partial charge in [0.25, 0.3) is 0 Å². The Morgan fingerprint density at radius 3 is 2.07 bits per heavy atom. The number of carbonyl (C=O) groups is 3. The zero-order chi connectivity index (χ0) is 20.8. The van der Waals surface area contributed by atoms with Crippen LogP contribution in [0.2, 0.25) is 0 Å². The molecule has 0 radical (unpaired) electrons. The number of rotatable bonds is 7. The van der Waals surface area contributed by atoms with E-state index in [0.29, 0.717) is 12.0 Å². The third kappa shape index (κ3) is 13.9. The summed E-state index contributed by atoms with van der Waals surface area (Å²) >= 11 is 0. The first-order valence-corrected chi connectivity index (χ1v) is 8.31. The molecule has 0 saturated heterocycles. The number of carbonyl (C=O) groups excluding carboxylic acids is 3. The summed E-state index contributed by atoms with van der Waals surface area (Å²) in [7, 11) is 0. The van der Waals surface area contributed by atoms with Gasteiger partial charge in [-0.25, -0.2) is 0 Å². The fourth-order valence-corrected chi connectivity index (χ4v) is 1.66. The van der Waals surface area contributed by atoms with E-state index in [0.717, 1.165) is 23.7 Å². The number of esters is 3. The van der Waals surface area contributed by atoms with E-state index in [-0.39, 0.29) is 0 Å². The van der Waals surface area contributed by atoms with Gasteiger partial charge in [-0.3, -0.25) is 14.4 Å². The highest BCUT2D eigenvalue weighted by atomic mass is 16.5. The molecule has 0 aromatic carbocycles. The predicted molar refractivity (Wildman–Crippen MR) is 102 cm³/mol. The molecule has 0 aliphatic heterocycles. The van der Waals surface area contributed by atoms with Crippen LogP contribution in [-0.4, -0.2) is 24.0 Å². The molecule has 0 aromatic heterocycles. The summed E-state index contributed by atoms with van der Waals surface area (Å²) in [5.41, 5.74) is 2.23. The van der Waals surface area contributed by atoms with Crippen LogP contribution in [-0.2, 0) is 28.6 Å². The van der Waals surface area contributed by atoms with E-state index in [2.05, 4.69) is 11.8 Å². The molecule has 0 rings (SSSR count). The Balaban J connectivity index is 5.54. The lowest BCUT2D eigenvalue weighted by Crippen LogP contribution is -2.18. The predicted octanol–water partition coefficient (Wildman–Crippen LogP) is 3.75. The smallest absolute Gasteiger partial charge is 0.307 e. The Kier molecular flexibility index (Phi) is 11.7. The van der Waals surface area contributed by atoms with Gasteiger partial charge >= 0.3 is 17.9 Å². The van der Waals surface area contributed by atoms with Crippen molar-refractivity contribution in [2.24, 2.45) is 0 Å². The Bertz CT molecular complexity index is 722. The van der Waals surface area contributed by atoms with Crippen LogP contribution in [0.5, 0.6) is 0 Å². The molecule has 6 heteroatoms. The minimum absolute atomic E-state index is 0.298. The van der Waals surface area contributed by atoms with Crippen LogP contribution in [0, 0.1) is 11.8 Å². The van der Waals surface area contributed by atoms with Crippen LogP contribution in [0.15, 0.2) is 47.5 Å². The molecule has 27 heavy (non-hydrogen) atoms. The van der Waals surface area contributed by atoms with Crippen molar-refractivity contribution in [1.29, 1.82) is 0 Å². The average molecular weight is 374 g/mol. The van der Waals surface area contributed by atoms with E-state index in [1.54, 1.807) is 12.2 Å². The highest BCUT2D eigenvalue weighted by Gasteiger charge is 2.16. The molecule has 0 aliphatic carbocycles. The quantitative estimate of drug-likeness (QED) is 0.222. The SMILES string of the molecule is CC(=O)O/C=C(/C=C/OC(C)=O)[C@@H](C/C=C(\C)C#CC=C(C)C)OC(C)=O. The molecule has 0 fully saturated rings. The Hall–Kier alpha value is -3.07. The molecule has 0 amide bonds. The van der Waals surface area contributed by atoms with Crippen LogP contribution in [0.3, 0.4) is 0 Å². The maximum Gasteiger partial charge on any atom is 0.307 e. The number of hydrogen-bond acceptors (Lipinski definition) is 6. The lowest BCUT2D eigenvalue weighted by molar-refractivity contribution is -0.144. The molecule has 0 spiro atoms. The second kappa shape index (κ2) is 13.2. The summed E-state index contributed by atoms with van der Waals surface area (Å²) in [6.45, 7) is 9.50. The Labute approximate surface area is 160 Å². The monoisotopic (exact) mass is 374 g/mol. The first-order valence-electron chi connectivity index (χ1n) is 8.31. The third-order valence-corrected chi connectivity index (χ3v) is 2.80. The molecule has 0 saturated carbocycles. The molecule has 0 unspecified atom stereocenters. The summed E-state index contributed by atoms with van der Waals surface area (Å²) in [6.07, 6.45) is 6.86. The summed E-state index contributed by atoms with van der Waals surface area (Å²) in [6, 6.07) is 0. The molecule has 146 valence electrons. The summed E-state index contributed by atoms with van der Waals surface area (Å²) in [5, 5.41) is 0. The van der Waals surface area contributed by atoms with Gasteiger partial charge in [0.05, 0.1) is 6.26 Å². The van der Waals surface area contributed by atoms with Gasteiger partial charge in [-0.1, -0.05) is 23.5 Å². The van der Waals surface area contributed by atoms with Crippen molar-refractivity contribution in [3.05, 3.63) is 47.5 Å². The fraction of sp³-hybridized carbons (Fsp3) is 0.381. The van der Waals surface area contributed by atoms with Gasteiger partial charge in [0.1, 0.15) is 12.4 Å². The summed E-state index contributed by atoms with van der Waals surface area (Å²) in [4.78, 5) is 33.5. The van der Waals surface area contributed by atoms with Crippen molar-refractivity contribution in [3.63, 3.8) is 0 Å². The van der Waals surface area contributed by atoms with Crippen LogP contribution >= 0.6 is 0 Å². The molecule has 0 heterocycles. The molecule has 0 aliphatic rings. The molecule has 0 bridgehead atoms. The van der Waals surface area contributed by atoms with Gasteiger partial charge in [-0.15, -0.1) is 0 Å². The van der Waals surface area contributed by atoms with E-state index < -0.39 is 24.0 Å². The second-order valence-corrected chi connectivity index (χ2v) is 5.85. The molecule has 0 aromatic rings. The highest BCUT2D eigenvalue weighted by molar-refractivity contribution is 5.68. The van der Waals surface area contributed by atoms with E-state index in [9.17, 15) is 14.4 Å². The van der Waals surface area contributed by atoms with E-state index in [4.69, 9.17) is 14.2 Å². The Morgan fingerprint density at radius 2 is 1.56 bits per heavy atom. The van der Waals surface area contributed by atoms with Gasteiger partial charge < -0.3 is 14.2 Å². The van der Waals surface area contributed by atoms with Crippen molar-refractivity contribution in [3.8, 4) is 11.8 Å². The Morgan fingerprint density at radius 1 is 0.926 bits per heavy atom. The summed E-state index contributed by atoms with van der Waals surface area (Å²) in [5.74, 6) is 4.35. The van der Waals surface area contributed by atoms with Gasteiger partial charge in [0, 0.05) is 32.8 Å². The normalized spacial score (nSPS) is 12.5. The van der Waals surface area contributed by atoms with Gasteiger partial charge in [-0.05, 0) is 38.5 Å². The summed E-state index contributed by atoms with van der Waals surface area (Å²) < 4.78 is 14.9. The number of hydrogen-bond donors (Lipinski definition) is 0.